The fourth-order valence-electron chi connectivity index (χ4n) is 2.28. The summed E-state index contributed by atoms with van der Waals surface area (Å²) in [6.07, 6.45) is 4.77. The third kappa shape index (κ3) is 5.50. The predicted octanol–water partition coefficient (Wildman–Crippen LogP) is 1.49. The highest BCUT2D eigenvalue weighted by atomic mass is 16.5. The number of nitrogens with zero attached hydrogens (tertiary/aromatic N) is 1. The Kier molecular flexibility index (Phi) is 6.22. The van der Waals surface area contributed by atoms with Crippen molar-refractivity contribution >= 4 is 0 Å². The van der Waals surface area contributed by atoms with Gasteiger partial charge in [0, 0.05) is 13.1 Å². The molecule has 1 aliphatic heterocycles. The summed E-state index contributed by atoms with van der Waals surface area (Å²) in [6.45, 7) is 8.94. The molecule has 1 rings (SSSR count). The van der Waals surface area contributed by atoms with E-state index in [2.05, 4.69) is 24.1 Å². The molecule has 1 saturated heterocycles. The van der Waals surface area contributed by atoms with Crippen LogP contribution in [0, 0.1) is 0 Å². The van der Waals surface area contributed by atoms with Crippen LogP contribution in [0.1, 0.15) is 33.1 Å². The molecular formula is C12H26N2O. The second-order valence-corrected chi connectivity index (χ2v) is 4.68. The Balaban J connectivity index is 2.04. The van der Waals surface area contributed by atoms with Gasteiger partial charge in [-0.3, -0.25) is 4.90 Å². The van der Waals surface area contributed by atoms with Crippen molar-refractivity contribution in [2.24, 2.45) is 0 Å². The highest BCUT2D eigenvalue weighted by Gasteiger charge is 2.21. The van der Waals surface area contributed by atoms with Gasteiger partial charge in [-0.2, -0.15) is 0 Å². The van der Waals surface area contributed by atoms with E-state index in [0.717, 1.165) is 19.6 Å². The van der Waals surface area contributed by atoms with Crippen molar-refractivity contribution in [2.75, 3.05) is 33.2 Å². The molecule has 3 nitrogen and oxygen atoms in total. The highest BCUT2D eigenvalue weighted by Crippen LogP contribution is 2.11. The van der Waals surface area contributed by atoms with Gasteiger partial charge in [-0.1, -0.05) is 6.42 Å². The number of nitrogens with one attached hydrogen (secondary N) is 1. The van der Waals surface area contributed by atoms with Crippen LogP contribution < -0.4 is 5.32 Å². The van der Waals surface area contributed by atoms with Crippen molar-refractivity contribution in [1.82, 2.24) is 10.2 Å². The minimum atomic E-state index is 0.408. The van der Waals surface area contributed by atoms with Crippen LogP contribution in [-0.2, 0) is 4.74 Å². The Bertz CT molecular complexity index is 154. The van der Waals surface area contributed by atoms with Gasteiger partial charge in [0.15, 0.2) is 0 Å². The molecule has 3 heteroatoms. The molecule has 0 aromatic rings. The molecule has 0 aromatic heterocycles. The minimum Gasteiger partial charge on any atom is -0.373 e. The quantitative estimate of drug-likeness (QED) is 0.678. The highest BCUT2D eigenvalue weighted by molar-refractivity contribution is 4.72. The van der Waals surface area contributed by atoms with E-state index in [0.29, 0.717) is 12.2 Å². The molecule has 90 valence electrons. The third-order valence-corrected chi connectivity index (χ3v) is 2.90. The summed E-state index contributed by atoms with van der Waals surface area (Å²) < 4.78 is 5.71. The summed E-state index contributed by atoms with van der Waals surface area (Å²) in [4.78, 5) is 2.54. The number of ether oxygens (including phenoxy) is 1. The Labute approximate surface area is 94.2 Å². The predicted molar refractivity (Wildman–Crippen MR) is 64.2 cm³/mol. The number of unbranched alkanes of at least 4 members (excludes halogenated alkanes) is 2. The van der Waals surface area contributed by atoms with E-state index in [9.17, 15) is 0 Å². The number of hydrogen-bond donors (Lipinski definition) is 1. The first-order chi connectivity index (χ1) is 7.22. The average Bonchev–Trinajstić information content (AvgIpc) is 2.16. The number of hydrogen-bond acceptors (Lipinski definition) is 3. The summed E-state index contributed by atoms with van der Waals surface area (Å²) in [6, 6.07) is 0. The summed E-state index contributed by atoms with van der Waals surface area (Å²) >= 11 is 0. The van der Waals surface area contributed by atoms with E-state index >= 15 is 0 Å². The van der Waals surface area contributed by atoms with Crippen LogP contribution in [0.2, 0.25) is 0 Å². The summed E-state index contributed by atoms with van der Waals surface area (Å²) in [5.41, 5.74) is 0. The Morgan fingerprint density at radius 2 is 1.80 bits per heavy atom. The topological polar surface area (TPSA) is 24.5 Å². The fourth-order valence-corrected chi connectivity index (χ4v) is 2.28. The maximum atomic E-state index is 5.71. The zero-order valence-electron chi connectivity index (χ0n) is 10.5. The molecule has 1 fully saturated rings. The fraction of sp³-hybridized carbons (Fsp3) is 1.00. The zero-order valence-corrected chi connectivity index (χ0v) is 10.5. The Hall–Kier alpha value is -0.120. The second-order valence-electron chi connectivity index (χ2n) is 4.68. The standard InChI is InChI=1S/C12H26N2O/c1-11-9-14(10-12(2)15-11)8-6-4-5-7-13-3/h11-13H,4-10H2,1-3H3. The molecule has 0 amide bonds. The van der Waals surface area contributed by atoms with E-state index in [4.69, 9.17) is 4.74 Å². The monoisotopic (exact) mass is 214 g/mol. The Morgan fingerprint density at radius 1 is 1.13 bits per heavy atom. The van der Waals surface area contributed by atoms with Gasteiger partial charge >= 0.3 is 0 Å². The molecule has 1 heterocycles. The molecule has 15 heavy (non-hydrogen) atoms. The van der Waals surface area contributed by atoms with Gasteiger partial charge in [0.05, 0.1) is 12.2 Å². The lowest BCUT2D eigenvalue weighted by Crippen LogP contribution is -2.45. The van der Waals surface area contributed by atoms with Crippen LogP contribution in [0.3, 0.4) is 0 Å². The maximum Gasteiger partial charge on any atom is 0.0678 e. The van der Waals surface area contributed by atoms with Crippen LogP contribution in [0.15, 0.2) is 0 Å². The van der Waals surface area contributed by atoms with Crippen molar-refractivity contribution < 1.29 is 4.74 Å². The van der Waals surface area contributed by atoms with E-state index in [1.54, 1.807) is 0 Å². The van der Waals surface area contributed by atoms with Crippen LogP contribution in [0.4, 0.5) is 0 Å². The molecule has 0 saturated carbocycles. The third-order valence-electron chi connectivity index (χ3n) is 2.90. The number of rotatable bonds is 6. The van der Waals surface area contributed by atoms with Crippen molar-refractivity contribution in [3.05, 3.63) is 0 Å². The van der Waals surface area contributed by atoms with Crippen molar-refractivity contribution in [1.29, 1.82) is 0 Å². The average molecular weight is 214 g/mol. The molecule has 0 radical (unpaired) electrons. The van der Waals surface area contributed by atoms with Gasteiger partial charge in [-0.25, -0.2) is 0 Å². The first kappa shape index (κ1) is 12.9. The lowest BCUT2D eigenvalue weighted by molar-refractivity contribution is -0.0681. The SMILES string of the molecule is CNCCCCCN1CC(C)OC(C)C1. The Morgan fingerprint density at radius 3 is 2.40 bits per heavy atom. The van der Waals surface area contributed by atoms with Gasteiger partial charge in [0.1, 0.15) is 0 Å². The van der Waals surface area contributed by atoms with Gasteiger partial charge in [-0.05, 0) is 46.8 Å². The molecule has 0 aromatic carbocycles. The van der Waals surface area contributed by atoms with Crippen LogP contribution in [0.5, 0.6) is 0 Å². The van der Waals surface area contributed by atoms with Crippen molar-refractivity contribution in [2.45, 2.75) is 45.3 Å². The molecule has 0 spiro atoms. The zero-order chi connectivity index (χ0) is 11.1. The van der Waals surface area contributed by atoms with Crippen LogP contribution >= 0.6 is 0 Å². The summed E-state index contributed by atoms with van der Waals surface area (Å²) in [5.74, 6) is 0. The molecular weight excluding hydrogens is 188 g/mol. The van der Waals surface area contributed by atoms with E-state index in [-0.39, 0.29) is 0 Å². The largest absolute Gasteiger partial charge is 0.373 e. The van der Waals surface area contributed by atoms with E-state index < -0.39 is 0 Å². The smallest absolute Gasteiger partial charge is 0.0678 e. The summed E-state index contributed by atoms with van der Waals surface area (Å²) in [5, 5.41) is 3.19. The lowest BCUT2D eigenvalue weighted by Gasteiger charge is -2.35. The molecule has 1 aliphatic rings. The van der Waals surface area contributed by atoms with E-state index in [1.165, 1.54) is 25.8 Å². The van der Waals surface area contributed by atoms with Gasteiger partial charge in [0.25, 0.3) is 0 Å². The van der Waals surface area contributed by atoms with Crippen molar-refractivity contribution in [3.63, 3.8) is 0 Å². The van der Waals surface area contributed by atoms with Crippen LogP contribution in [0.25, 0.3) is 0 Å². The van der Waals surface area contributed by atoms with Gasteiger partial charge in [0.2, 0.25) is 0 Å². The maximum absolute atomic E-state index is 5.71. The lowest BCUT2D eigenvalue weighted by atomic mass is 10.2. The molecule has 0 bridgehead atoms. The van der Waals surface area contributed by atoms with E-state index in [1.807, 2.05) is 7.05 Å². The van der Waals surface area contributed by atoms with Gasteiger partial charge < -0.3 is 10.1 Å². The normalized spacial score (nSPS) is 28.2. The molecule has 2 unspecified atom stereocenters. The number of morpholine rings is 1. The van der Waals surface area contributed by atoms with Crippen LogP contribution in [-0.4, -0.2) is 50.3 Å². The van der Waals surface area contributed by atoms with Crippen molar-refractivity contribution in [3.8, 4) is 0 Å². The minimum absolute atomic E-state index is 0.408. The molecule has 1 N–H and O–H groups in total. The second kappa shape index (κ2) is 7.20. The molecule has 0 aliphatic carbocycles. The van der Waals surface area contributed by atoms with Gasteiger partial charge in [-0.15, -0.1) is 0 Å². The first-order valence-electron chi connectivity index (χ1n) is 6.24. The summed E-state index contributed by atoms with van der Waals surface area (Å²) in [7, 11) is 2.02. The molecule has 2 atom stereocenters. The first-order valence-corrected chi connectivity index (χ1v) is 6.24.